The second kappa shape index (κ2) is 6.88. The minimum absolute atomic E-state index is 0.0873. The number of rotatable bonds is 4. The van der Waals surface area contributed by atoms with Crippen molar-refractivity contribution in [3.63, 3.8) is 0 Å². The Labute approximate surface area is 159 Å². The molecule has 0 atom stereocenters. The van der Waals surface area contributed by atoms with Crippen molar-refractivity contribution in [3.8, 4) is 5.69 Å². The molecule has 1 aromatic carbocycles. The molecule has 4 heteroatoms. The van der Waals surface area contributed by atoms with Crippen LogP contribution in [0.25, 0.3) is 17.3 Å². The van der Waals surface area contributed by atoms with Gasteiger partial charge in [-0.15, -0.1) is 0 Å². The van der Waals surface area contributed by atoms with Gasteiger partial charge in [-0.25, -0.2) is 0 Å². The highest BCUT2D eigenvalue weighted by Gasteiger charge is 2.31. The van der Waals surface area contributed by atoms with Crippen molar-refractivity contribution >= 4 is 23.2 Å². The summed E-state index contributed by atoms with van der Waals surface area (Å²) in [6, 6.07) is 14.2. The molecule has 0 radical (unpaired) electrons. The lowest BCUT2D eigenvalue weighted by Crippen LogP contribution is -2.26. The third-order valence-corrected chi connectivity index (χ3v) is 5.08. The van der Waals surface area contributed by atoms with Crippen molar-refractivity contribution in [1.82, 2.24) is 9.55 Å². The van der Waals surface area contributed by atoms with Crippen molar-refractivity contribution in [2.75, 3.05) is 11.4 Å². The average molecular weight is 357 g/mol. The Morgan fingerprint density at radius 1 is 1.11 bits per heavy atom. The van der Waals surface area contributed by atoms with Gasteiger partial charge in [-0.1, -0.05) is 25.1 Å². The average Bonchev–Trinajstić information content (AvgIpc) is 3.11. The van der Waals surface area contributed by atoms with Gasteiger partial charge in [0.25, 0.3) is 5.91 Å². The summed E-state index contributed by atoms with van der Waals surface area (Å²) in [7, 11) is 0. The molecule has 1 amide bonds. The van der Waals surface area contributed by atoms with E-state index in [4.69, 9.17) is 0 Å². The van der Waals surface area contributed by atoms with Gasteiger partial charge in [0.1, 0.15) is 0 Å². The number of aromatic nitrogens is 2. The molecular formula is C23H23N3O. The lowest BCUT2D eigenvalue weighted by atomic mass is 10.0. The van der Waals surface area contributed by atoms with Crippen molar-refractivity contribution in [2.45, 2.75) is 27.2 Å². The van der Waals surface area contributed by atoms with E-state index in [0.717, 1.165) is 52.4 Å². The van der Waals surface area contributed by atoms with Crippen LogP contribution in [0.5, 0.6) is 0 Å². The number of anilines is 1. The summed E-state index contributed by atoms with van der Waals surface area (Å²) < 4.78 is 2.18. The van der Waals surface area contributed by atoms with Gasteiger partial charge in [0.05, 0.1) is 17.6 Å². The first kappa shape index (κ1) is 17.3. The van der Waals surface area contributed by atoms with Crippen molar-refractivity contribution in [3.05, 3.63) is 77.4 Å². The van der Waals surface area contributed by atoms with E-state index in [9.17, 15) is 4.79 Å². The van der Waals surface area contributed by atoms with E-state index in [-0.39, 0.29) is 5.91 Å². The largest absolute Gasteiger partial charge is 0.316 e. The van der Waals surface area contributed by atoms with Crippen LogP contribution < -0.4 is 4.90 Å². The molecule has 136 valence electrons. The summed E-state index contributed by atoms with van der Waals surface area (Å²) in [4.78, 5) is 19.2. The molecule has 27 heavy (non-hydrogen) atoms. The molecule has 3 aromatic rings. The number of carbonyl (C=O) groups is 1. The van der Waals surface area contributed by atoms with Crippen LogP contribution >= 0.6 is 0 Å². The Morgan fingerprint density at radius 2 is 1.93 bits per heavy atom. The van der Waals surface area contributed by atoms with E-state index < -0.39 is 0 Å². The standard InChI is InChI=1S/C23H23N3O/c1-4-12-25-22-10-6-5-9-20(22)21(23(25)27)14-18-13-16(2)26(17(18)3)19-8-7-11-24-15-19/h5-11,13-15H,4,12H2,1-3H3/b21-14-. The van der Waals surface area contributed by atoms with E-state index in [2.05, 4.69) is 36.4 Å². The zero-order valence-corrected chi connectivity index (χ0v) is 15.9. The van der Waals surface area contributed by atoms with Gasteiger partial charge in [0, 0.05) is 35.3 Å². The highest BCUT2D eigenvalue weighted by atomic mass is 16.2. The minimum Gasteiger partial charge on any atom is -0.316 e. The molecule has 0 saturated carbocycles. The lowest BCUT2D eigenvalue weighted by molar-refractivity contribution is -0.113. The van der Waals surface area contributed by atoms with Crippen LogP contribution in [0.2, 0.25) is 0 Å². The summed E-state index contributed by atoms with van der Waals surface area (Å²) in [5.74, 6) is 0.0873. The number of hydrogen-bond acceptors (Lipinski definition) is 2. The van der Waals surface area contributed by atoms with Crippen LogP contribution in [-0.4, -0.2) is 22.0 Å². The van der Waals surface area contributed by atoms with Crippen LogP contribution in [0.1, 0.15) is 35.9 Å². The molecule has 0 saturated heterocycles. The third-order valence-electron chi connectivity index (χ3n) is 5.08. The number of carbonyl (C=O) groups excluding carboxylic acids is 1. The van der Waals surface area contributed by atoms with Crippen LogP contribution in [0.3, 0.4) is 0 Å². The first-order valence-electron chi connectivity index (χ1n) is 9.34. The SMILES string of the molecule is CCCN1C(=O)/C(=C\c2cc(C)n(-c3cccnc3)c2C)c2ccccc21. The highest BCUT2D eigenvalue weighted by molar-refractivity contribution is 6.35. The summed E-state index contributed by atoms with van der Waals surface area (Å²) in [6.45, 7) is 7.00. The summed E-state index contributed by atoms with van der Waals surface area (Å²) >= 11 is 0. The molecule has 0 unspecified atom stereocenters. The predicted octanol–water partition coefficient (Wildman–Crippen LogP) is 4.79. The smallest absolute Gasteiger partial charge is 0.258 e. The Hall–Kier alpha value is -3.14. The first-order chi connectivity index (χ1) is 13.1. The van der Waals surface area contributed by atoms with E-state index in [1.807, 2.05) is 53.6 Å². The van der Waals surface area contributed by atoms with Crippen molar-refractivity contribution in [1.29, 1.82) is 0 Å². The van der Waals surface area contributed by atoms with Gasteiger partial charge in [0.15, 0.2) is 0 Å². The first-order valence-corrected chi connectivity index (χ1v) is 9.34. The van der Waals surface area contributed by atoms with Gasteiger partial charge >= 0.3 is 0 Å². The maximum absolute atomic E-state index is 13.1. The summed E-state index contributed by atoms with van der Waals surface area (Å²) in [6.07, 6.45) is 6.60. The van der Waals surface area contributed by atoms with E-state index in [1.165, 1.54) is 0 Å². The molecule has 0 aliphatic carbocycles. The van der Waals surface area contributed by atoms with Gasteiger partial charge in [0.2, 0.25) is 0 Å². The van der Waals surface area contributed by atoms with E-state index >= 15 is 0 Å². The van der Waals surface area contributed by atoms with Gasteiger partial charge in [-0.2, -0.15) is 0 Å². The quantitative estimate of drug-likeness (QED) is 0.630. The lowest BCUT2D eigenvalue weighted by Gasteiger charge is -2.15. The molecular weight excluding hydrogens is 334 g/mol. The number of hydrogen-bond donors (Lipinski definition) is 0. The van der Waals surface area contributed by atoms with Crippen LogP contribution in [-0.2, 0) is 4.79 Å². The fourth-order valence-electron chi connectivity index (χ4n) is 3.86. The molecule has 0 spiro atoms. The molecule has 1 aliphatic heterocycles. The van der Waals surface area contributed by atoms with Crippen LogP contribution in [0, 0.1) is 13.8 Å². The van der Waals surface area contributed by atoms with Crippen LogP contribution in [0.4, 0.5) is 5.69 Å². The third kappa shape index (κ3) is 2.87. The molecule has 2 aromatic heterocycles. The highest BCUT2D eigenvalue weighted by Crippen LogP contribution is 2.38. The fourth-order valence-corrected chi connectivity index (χ4v) is 3.86. The molecule has 4 nitrogen and oxygen atoms in total. The molecule has 0 bridgehead atoms. The molecule has 0 fully saturated rings. The Bertz CT molecular complexity index is 1030. The maximum Gasteiger partial charge on any atom is 0.258 e. The van der Waals surface area contributed by atoms with E-state index in [0.29, 0.717) is 0 Å². The number of amides is 1. The second-order valence-corrected chi connectivity index (χ2v) is 6.91. The van der Waals surface area contributed by atoms with E-state index in [1.54, 1.807) is 6.20 Å². The van der Waals surface area contributed by atoms with Gasteiger partial charge in [-0.3, -0.25) is 9.78 Å². The summed E-state index contributed by atoms with van der Waals surface area (Å²) in [5.41, 5.74) is 7.11. The number of pyridine rings is 1. The number of nitrogens with zero attached hydrogens (tertiary/aromatic N) is 3. The topological polar surface area (TPSA) is 38.1 Å². The molecule has 1 aliphatic rings. The van der Waals surface area contributed by atoms with Crippen molar-refractivity contribution < 1.29 is 4.79 Å². The molecule has 4 rings (SSSR count). The number of benzene rings is 1. The number of fused-ring (bicyclic) bond motifs is 1. The van der Waals surface area contributed by atoms with Gasteiger partial charge in [-0.05, 0) is 56.2 Å². The van der Waals surface area contributed by atoms with Crippen molar-refractivity contribution in [2.24, 2.45) is 0 Å². The zero-order valence-electron chi connectivity index (χ0n) is 15.9. The fraction of sp³-hybridized carbons (Fsp3) is 0.217. The number of aryl methyl sites for hydroxylation is 1. The Balaban J connectivity index is 1.82. The molecule has 0 N–H and O–H groups in total. The normalized spacial score (nSPS) is 14.9. The Morgan fingerprint density at radius 3 is 2.67 bits per heavy atom. The second-order valence-electron chi connectivity index (χ2n) is 6.91. The summed E-state index contributed by atoms with van der Waals surface area (Å²) in [5, 5.41) is 0. The number of para-hydroxylation sites is 1. The molecule has 3 heterocycles. The Kier molecular flexibility index (Phi) is 4.40. The predicted molar refractivity (Wildman–Crippen MR) is 110 cm³/mol. The van der Waals surface area contributed by atoms with Gasteiger partial charge < -0.3 is 9.47 Å². The zero-order chi connectivity index (χ0) is 19.0. The minimum atomic E-state index is 0.0873. The maximum atomic E-state index is 13.1. The monoisotopic (exact) mass is 357 g/mol. The van der Waals surface area contributed by atoms with Crippen LogP contribution in [0.15, 0.2) is 54.9 Å².